The second-order valence-electron chi connectivity index (χ2n) is 7.69. The van der Waals surface area contributed by atoms with Crippen molar-refractivity contribution in [1.82, 2.24) is 0 Å². The van der Waals surface area contributed by atoms with E-state index in [4.69, 9.17) is 4.74 Å². The van der Waals surface area contributed by atoms with Crippen molar-refractivity contribution in [2.24, 2.45) is 11.8 Å². The van der Waals surface area contributed by atoms with Crippen LogP contribution < -0.4 is 4.74 Å². The Labute approximate surface area is 153 Å². The molecule has 0 bridgehead atoms. The molecule has 0 radical (unpaired) electrons. The molecule has 2 unspecified atom stereocenters. The van der Waals surface area contributed by atoms with Gasteiger partial charge in [-0.15, -0.1) is 0 Å². The van der Waals surface area contributed by atoms with Gasteiger partial charge in [-0.1, -0.05) is 51.5 Å². The van der Waals surface area contributed by atoms with Crippen LogP contribution in [0.3, 0.4) is 0 Å². The molecule has 0 N–H and O–H groups in total. The van der Waals surface area contributed by atoms with E-state index in [1.54, 1.807) is 0 Å². The molecule has 0 aliphatic heterocycles. The molecule has 0 heterocycles. The zero-order valence-electron chi connectivity index (χ0n) is 16.1. The molecule has 0 fully saturated rings. The third-order valence-electron chi connectivity index (χ3n) is 5.61. The van der Waals surface area contributed by atoms with Gasteiger partial charge in [0.2, 0.25) is 0 Å². The highest BCUT2D eigenvalue weighted by molar-refractivity contribution is 5.87. The number of rotatable bonds is 7. The van der Waals surface area contributed by atoms with Crippen molar-refractivity contribution in [1.29, 1.82) is 0 Å². The predicted octanol–water partition coefficient (Wildman–Crippen LogP) is 7.25. The number of ether oxygens (including phenoxy) is 1. The van der Waals surface area contributed by atoms with Crippen LogP contribution in [0, 0.1) is 11.8 Å². The van der Waals surface area contributed by atoms with Gasteiger partial charge >= 0.3 is 0 Å². The second kappa shape index (κ2) is 8.56. The molecule has 0 saturated carbocycles. The Morgan fingerprint density at radius 1 is 1.08 bits per heavy atom. The van der Waals surface area contributed by atoms with E-state index in [-0.39, 0.29) is 0 Å². The van der Waals surface area contributed by atoms with E-state index in [9.17, 15) is 0 Å². The Balaban J connectivity index is 1.71. The SMILES string of the molecule is CCCOc1ccc2cc(C3=CCC(CC(C)CC)CC3)ccc2c1. The highest BCUT2D eigenvalue weighted by atomic mass is 16.5. The summed E-state index contributed by atoms with van der Waals surface area (Å²) in [5.41, 5.74) is 2.94. The number of hydrogen-bond donors (Lipinski definition) is 0. The number of hydrogen-bond acceptors (Lipinski definition) is 1. The van der Waals surface area contributed by atoms with E-state index >= 15 is 0 Å². The van der Waals surface area contributed by atoms with E-state index in [0.717, 1.165) is 30.6 Å². The average molecular weight is 337 g/mol. The summed E-state index contributed by atoms with van der Waals surface area (Å²) in [4.78, 5) is 0. The standard InChI is InChI=1S/C24H32O/c1-4-14-25-24-13-12-22-16-21(10-11-23(22)17-24)20-8-6-19(7-9-20)15-18(3)5-2/h8,10-13,16-19H,4-7,9,14-15H2,1-3H3. The molecule has 134 valence electrons. The predicted molar refractivity (Wildman–Crippen MR) is 109 cm³/mol. The van der Waals surface area contributed by atoms with Crippen LogP contribution in [0.25, 0.3) is 16.3 Å². The maximum atomic E-state index is 5.75. The van der Waals surface area contributed by atoms with E-state index in [2.05, 4.69) is 63.2 Å². The lowest BCUT2D eigenvalue weighted by atomic mass is 9.81. The van der Waals surface area contributed by atoms with Crippen LogP contribution in [-0.2, 0) is 0 Å². The van der Waals surface area contributed by atoms with Crippen molar-refractivity contribution in [2.45, 2.75) is 59.3 Å². The van der Waals surface area contributed by atoms with E-state index in [0.29, 0.717) is 0 Å². The fourth-order valence-electron chi connectivity index (χ4n) is 3.83. The molecule has 0 amide bonds. The summed E-state index contributed by atoms with van der Waals surface area (Å²) in [6.45, 7) is 7.62. The highest BCUT2D eigenvalue weighted by Crippen LogP contribution is 2.35. The minimum atomic E-state index is 0.786. The van der Waals surface area contributed by atoms with E-state index in [1.165, 1.54) is 54.0 Å². The molecule has 2 aromatic carbocycles. The first-order chi connectivity index (χ1) is 12.2. The fourth-order valence-corrected chi connectivity index (χ4v) is 3.83. The molecule has 1 nitrogen and oxygen atoms in total. The largest absolute Gasteiger partial charge is 0.494 e. The summed E-state index contributed by atoms with van der Waals surface area (Å²) in [5.74, 6) is 2.73. The van der Waals surface area contributed by atoms with Crippen molar-refractivity contribution in [3.63, 3.8) is 0 Å². The van der Waals surface area contributed by atoms with Crippen molar-refractivity contribution >= 4 is 16.3 Å². The summed E-state index contributed by atoms with van der Waals surface area (Å²) in [5, 5.41) is 2.58. The van der Waals surface area contributed by atoms with Gasteiger partial charge in [0.25, 0.3) is 0 Å². The third kappa shape index (κ3) is 4.66. The summed E-state index contributed by atoms with van der Waals surface area (Å²) in [6, 6.07) is 13.3. The third-order valence-corrected chi connectivity index (χ3v) is 5.61. The quantitative estimate of drug-likeness (QED) is 0.517. The van der Waals surface area contributed by atoms with E-state index < -0.39 is 0 Å². The first-order valence-electron chi connectivity index (χ1n) is 10.1. The van der Waals surface area contributed by atoms with Crippen molar-refractivity contribution in [3.05, 3.63) is 48.0 Å². The Kier molecular flexibility index (Phi) is 6.18. The van der Waals surface area contributed by atoms with Gasteiger partial charge < -0.3 is 4.74 Å². The fraction of sp³-hybridized carbons (Fsp3) is 0.500. The Bertz CT molecular complexity index is 728. The van der Waals surface area contributed by atoms with Crippen LogP contribution in [0.2, 0.25) is 0 Å². The van der Waals surface area contributed by atoms with Gasteiger partial charge in [0, 0.05) is 0 Å². The molecule has 0 saturated heterocycles. The van der Waals surface area contributed by atoms with Crippen LogP contribution in [0.1, 0.15) is 64.9 Å². The lowest BCUT2D eigenvalue weighted by Crippen LogP contribution is -2.09. The van der Waals surface area contributed by atoms with Gasteiger partial charge in [0.1, 0.15) is 5.75 Å². The molecule has 25 heavy (non-hydrogen) atoms. The maximum absolute atomic E-state index is 5.75. The van der Waals surface area contributed by atoms with Gasteiger partial charge in [-0.25, -0.2) is 0 Å². The lowest BCUT2D eigenvalue weighted by Gasteiger charge is -2.24. The van der Waals surface area contributed by atoms with Gasteiger partial charge in [0.15, 0.2) is 0 Å². The second-order valence-corrected chi connectivity index (χ2v) is 7.69. The Hall–Kier alpha value is -1.76. The molecule has 0 aromatic heterocycles. The van der Waals surface area contributed by atoms with E-state index in [1.807, 2.05) is 0 Å². The van der Waals surface area contributed by atoms with Crippen LogP contribution in [0.4, 0.5) is 0 Å². The van der Waals surface area contributed by atoms with Crippen LogP contribution in [0.5, 0.6) is 5.75 Å². The molecule has 1 heteroatoms. The average Bonchev–Trinajstić information content (AvgIpc) is 2.66. The molecule has 1 aliphatic carbocycles. The van der Waals surface area contributed by atoms with Crippen molar-refractivity contribution in [2.75, 3.05) is 6.61 Å². The minimum absolute atomic E-state index is 0.786. The monoisotopic (exact) mass is 336 g/mol. The number of benzene rings is 2. The maximum Gasteiger partial charge on any atom is 0.119 e. The molecular formula is C24H32O. The normalized spacial score (nSPS) is 18.8. The van der Waals surface area contributed by atoms with Crippen LogP contribution >= 0.6 is 0 Å². The zero-order valence-corrected chi connectivity index (χ0v) is 16.1. The number of allylic oxidation sites excluding steroid dienone is 2. The van der Waals surface area contributed by atoms with Crippen LogP contribution in [-0.4, -0.2) is 6.61 Å². The van der Waals surface area contributed by atoms with Gasteiger partial charge in [-0.3, -0.25) is 0 Å². The van der Waals surface area contributed by atoms with Crippen LogP contribution in [0.15, 0.2) is 42.5 Å². The molecular weight excluding hydrogens is 304 g/mol. The van der Waals surface area contributed by atoms with Crippen molar-refractivity contribution < 1.29 is 4.74 Å². The van der Waals surface area contributed by atoms with Crippen molar-refractivity contribution in [3.8, 4) is 5.75 Å². The van der Waals surface area contributed by atoms with Gasteiger partial charge in [0.05, 0.1) is 6.61 Å². The zero-order chi connectivity index (χ0) is 17.6. The molecule has 2 atom stereocenters. The van der Waals surface area contributed by atoms with Gasteiger partial charge in [-0.05, 0) is 84.0 Å². The summed E-state index contributed by atoms with van der Waals surface area (Å²) < 4.78 is 5.75. The summed E-state index contributed by atoms with van der Waals surface area (Å²) in [6.07, 6.45) is 10.1. The molecule has 3 rings (SSSR count). The highest BCUT2D eigenvalue weighted by Gasteiger charge is 2.17. The number of fused-ring (bicyclic) bond motifs is 1. The molecule has 0 spiro atoms. The minimum Gasteiger partial charge on any atom is -0.494 e. The lowest BCUT2D eigenvalue weighted by molar-refractivity contribution is 0.318. The molecule has 2 aromatic rings. The topological polar surface area (TPSA) is 9.23 Å². The molecule has 1 aliphatic rings. The summed E-state index contributed by atoms with van der Waals surface area (Å²) in [7, 11) is 0. The first kappa shape index (κ1) is 18.0. The smallest absolute Gasteiger partial charge is 0.119 e. The first-order valence-corrected chi connectivity index (χ1v) is 10.1. The Morgan fingerprint density at radius 2 is 1.88 bits per heavy atom. The Morgan fingerprint density at radius 3 is 2.60 bits per heavy atom. The van der Waals surface area contributed by atoms with Gasteiger partial charge in [-0.2, -0.15) is 0 Å². The summed E-state index contributed by atoms with van der Waals surface area (Å²) >= 11 is 0.